The maximum Gasteiger partial charge on any atom is 0.416 e. The number of nitrogens with zero attached hydrogens (tertiary/aromatic N) is 2. The summed E-state index contributed by atoms with van der Waals surface area (Å²) in [5.74, 6) is -0.489. The van der Waals surface area contributed by atoms with Gasteiger partial charge in [0.2, 0.25) is 0 Å². The highest BCUT2D eigenvalue weighted by Crippen LogP contribution is 2.30. The normalized spacial score (nSPS) is 12.8. The predicted molar refractivity (Wildman–Crippen MR) is 74.1 cm³/mol. The van der Waals surface area contributed by atoms with Crippen molar-refractivity contribution in [3.63, 3.8) is 0 Å². The van der Waals surface area contributed by atoms with E-state index < -0.39 is 23.7 Å². The summed E-state index contributed by atoms with van der Waals surface area (Å²) in [6, 6.07) is 4.26. The lowest BCUT2D eigenvalue weighted by Gasteiger charge is -2.16. The third-order valence-corrected chi connectivity index (χ3v) is 3.08. The Morgan fingerprint density at radius 3 is 2.55 bits per heavy atom. The molecule has 2 rings (SSSR count). The van der Waals surface area contributed by atoms with Crippen molar-refractivity contribution in [2.24, 2.45) is 0 Å². The molecular weight excluding hydrogens is 295 g/mol. The third kappa shape index (κ3) is 3.81. The van der Waals surface area contributed by atoms with Gasteiger partial charge in [0.05, 0.1) is 23.5 Å². The van der Waals surface area contributed by atoms with E-state index in [4.69, 9.17) is 0 Å². The van der Waals surface area contributed by atoms with Crippen molar-refractivity contribution in [1.29, 1.82) is 0 Å². The van der Waals surface area contributed by atoms with Crippen LogP contribution in [0.2, 0.25) is 0 Å². The minimum Gasteiger partial charge on any atom is -0.344 e. The Bertz CT molecular complexity index is 668. The number of hydrogen-bond acceptors (Lipinski definition) is 3. The minimum absolute atomic E-state index is 0.115. The molecule has 0 spiro atoms. The van der Waals surface area contributed by atoms with E-state index in [0.717, 1.165) is 12.1 Å². The van der Waals surface area contributed by atoms with Crippen molar-refractivity contribution in [3.8, 4) is 0 Å². The quantitative estimate of drug-likeness (QED) is 0.946. The van der Waals surface area contributed by atoms with E-state index >= 15 is 0 Å². The number of alkyl halides is 3. The first kappa shape index (κ1) is 15.9. The van der Waals surface area contributed by atoms with Crippen molar-refractivity contribution in [1.82, 2.24) is 15.3 Å². The molecule has 1 aromatic heterocycles. The van der Waals surface area contributed by atoms with Gasteiger partial charge in [-0.25, -0.2) is 4.98 Å². The first-order valence-electron chi connectivity index (χ1n) is 6.54. The molecular formula is C15H14F3N3O. The zero-order valence-electron chi connectivity index (χ0n) is 12.0. The number of benzene rings is 1. The highest BCUT2D eigenvalue weighted by atomic mass is 19.4. The monoisotopic (exact) mass is 309 g/mol. The van der Waals surface area contributed by atoms with Crippen molar-refractivity contribution >= 4 is 5.91 Å². The minimum atomic E-state index is -4.41. The number of carbonyl (C=O) groups is 1. The van der Waals surface area contributed by atoms with Gasteiger partial charge in [-0.2, -0.15) is 13.2 Å². The van der Waals surface area contributed by atoms with E-state index in [1.807, 2.05) is 0 Å². The van der Waals surface area contributed by atoms with E-state index in [1.54, 1.807) is 13.8 Å². The second kappa shape index (κ2) is 6.13. The molecule has 0 bridgehead atoms. The molecule has 0 aliphatic carbocycles. The Morgan fingerprint density at radius 2 is 1.95 bits per heavy atom. The van der Waals surface area contributed by atoms with Crippen LogP contribution in [0, 0.1) is 6.92 Å². The molecule has 22 heavy (non-hydrogen) atoms. The summed E-state index contributed by atoms with van der Waals surface area (Å²) in [6.07, 6.45) is -1.64. The fourth-order valence-corrected chi connectivity index (χ4v) is 1.85. The molecule has 0 saturated carbocycles. The summed E-state index contributed by atoms with van der Waals surface area (Å²) < 4.78 is 38.1. The number of nitrogens with one attached hydrogen (secondary N) is 1. The molecule has 1 heterocycles. The van der Waals surface area contributed by atoms with Crippen LogP contribution in [0.25, 0.3) is 0 Å². The standard InChI is InChI=1S/C15H14F3N3O/c1-9-7-20-13(8-19-9)14(22)21-10(2)11-4-3-5-12(6-11)15(16,17)18/h3-8,10H,1-2H3,(H,21,22)/t10-/m1/s1. The van der Waals surface area contributed by atoms with Gasteiger partial charge in [0.15, 0.2) is 0 Å². The number of amides is 1. The molecule has 1 atom stereocenters. The summed E-state index contributed by atoms with van der Waals surface area (Å²) in [4.78, 5) is 19.9. The molecule has 1 amide bonds. The topological polar surface area (TPSA) is 54.9 Å². The number of aryl methyl sites for hydroxylation is 1. The largest absolute Gasteiger partial charge is 0.416 e. The van der Waals surface area contributed by atoms with Crippen LogP contribution in [0.3, 0.4) is 0 Å². The van der Waals surface area contributed by atoms with E-state index in [1.165, 1.54) is 24.5 Å². The molecule has 0 radical (unpaired) electrons. The van der Waals surface area contributed by atoms with Gasteiger partial charge in [-0.1, -0.05) is 12.1 Å². The van der Waals surface area contributed by atoms with Crippen LogP contribution in [-0.4, -0.2) is 15.9 Å². The fraction of sp³-hybridized carbons (Fsp3) is 0.267. The van der Waals surface area contributed by atoms with E-state index in [-0.39, 0.29) is 5.69 Å². The first-order chi connectivity index (χ1) is 10.3. The summed E-state index contributed by atoms with van der Waals surface area (Å²) >= 11 is 0. The van der Waals surface area contributed by atoms with Gasteiger partial charge in [-0.05, 0) is 31.5 Å². The summed E-state index contributed by atoms with van der Waals surface area (Å²) in [6.45, 7) is 3.34. The number of rotatable bonds is 3. The maximum absolute atomic E-state index is 12.7. The van der Waals surface area contributed by atoms with Gasteiger partial charge in [0, 0.05) is 6.20 Å². The van der Waals surface area contributed by atoms with Crippen LogP contribution < -0.4 is 5.32 Å². The Kier molecular flexibility index (Phi) is 4.44. The molecule has 0 aliphatic heterocycles. The van der Waals surface area contributed by atoms with Gasteiger partial charge in [-0.15, -0.1) is 0 Å². The molecule has 0 unspecified atom stereocenters. The van der Waals surface area contributed by atoms with E-state index in [9.17, 15) is 18.0 Å². The highest BCUT2D eigenvalue weighted by Gasteiger charge is 2.30. The Balaban J connectivity index is 2.13. The lowest BCUT2D eigenvalue weighted by Crippen LogP contribution is -2.27. The predicted octanol–water partition coefficient (Wildman–Crippen LogP) is 3.29. The van der Waals surface area contributed by atoms with Gasteiger partial charge >= 0.3 is 6.18 Å². The molecule has 0 aliphatic rings. The molecule has 1 N–H and O–H groups in total. The number of aromatic nitrogens is 2. The zero-order chi connectivity index (χ0) is 16.3. The highest BCUT2D eigenvalue weighted by molar-refractivity contribution is 5.92. The SMILES string of the molecule is Cc1cnc(C(=O)N[C@H](C)c2cccc(C(F)(F)F)c2)cn1. The number of hydrogen-bond donors (Lipinski definition) is 1. The van der Waals surface area contributed by atoms with Gasteiger partial charge in [-0.3, -0.25) is 9.78 Å². The lowest BCUT2D eigenvalue weighted by atomic mass is 10.0. The molecule has 0 saturated heterocycles. The summed E-state index contributed by atoms with van der Waals surface area (Å²) in [7, 11) is 0. The smallest absolute Gasteiger partial charge is 0.344 e. The van der Waals surface area contributed by atoms with E-state index in [2.05, 4.69) is 15.3 Å². The number of carbonyl (C=O) groups excluding carboxylic acids is 1. The molecule has 0 fully saturated rings. The second-order valence-corrected chi connectivity index (χ2v) is 4.86. The summed E-state index contributed by atoms with van der Waals surface area (Å²) in [5, 5.41) is 2.60. The van der Waals surface area contributed by atoms with Crippen LogP contribution in [0.4, 0.5) is 13.2 Å². The number of halogens is 3. The Labute approximate surface area is 125 Å². The molecule has 116 valence electrons. The van der Waals surface area contributed by atoms with Crippen LogP contribution in [-0.2, 0) is 6.18 Å². The van der Waals surface area contributed by atoms with Crippen LogP contribution in [0.15, 0.2) is 36.7 Å². The maximum atomic E-state index is 12.7. The molecule has 7 heteroatoms. The zero-order valence-corrected chi connectivity index (χ0v) is 12.0. The fourth-order valence-electron chi connectivity index (χ4n) is 1.85. The van der Waals surface area contributed by atoms with Crippen LogP contribution in [0.5, 0.6) is 0 Å². The summed E-state index contributed by atoms with van der Waals surface area (Å²) in [5.41, 5.74) is 0.399. The van der Waals surface area contributed by atoms with Crippen molar-refractivity contribution in [2.75, 3.05) is 0 Å². The van der Waals surface area contributed by atoms with Gasteiger partial charge in [0.25, 0.3) is 5.91 Å². The first-order valence-corrected chi connectivity index (χ1v) is 6.54. The Morgan fingerprint density at radius 1 is 1.23 bits per heavy atom. The second-order valence-electron chi connectivity index (χ2n) is 4.86. The average molecular weight is 309 g/mol. The Hall–Kier alpha value is -2.44. The van der Waals surface area contributed by atoms with Crippen molar-refractivity contribution in [3.05, 3.63) is 59.2 Å². The lowest BCUT2D eigenvalue weighted by molar-refractivity contribution is -0.137. The van der Waals surface area contributed by atoms with Crippen LogP contribution in [0.1, 0.15) is 40.3 Å². The van der Waals surface area contributed by atoms with Crippen molar-refractivity contribution < 1.29 is 18.0 Å². The molecule has 1 aromatic carbocycles. The molecule has 4 nitrogen and oxygen atoms in total. The van der Waals surface area contributed by atoms with E-state index in [0.29, 0.717) is 11.3 Å². The van der Waals surface area contributed by atoms with Gasteiger partial charge < -0.3 is 5.32 Å². The van der Waals surface area contributed by atoms with Crippen molar-refractivity contribution in [2.45, 2.75) is 26.1 Å². The molecule has 2 aromatic rings. The van der Waals surface area contributed by atoms with Crippen LogP contribution >= 0.6 is 0 Å². The van der Waals surface area contributed by atoms with Gasteiger partial charge in [0.1, 0.15) is 5.69 Å². The third-order valence-electron chi connectivity index (χ3n) is 3.08. The average Bonchev–Trinajstić information content (AvgIpc) is 2.47.